The molecule has 0 radical (unpaired) electrons. The molecule has 1 aromatic carbocycles. The standard InChI is InChI=1S/C10H11F2NO/c1-7(14)13(2)6-8-5-9(11)3-4-10(8)12/h3-5H,6H2,1-2H3. The van der Waals surface area contributed by atoms with Crippen LogP contribution in [0.15, 0.2) is 18.2 Å². The lowest BCUT2D eigenvalue weighted by Gasteiger charge is -2.15. The Balaban J connectivity index is 2.85. The summed E-state index contributed by atoms with van der Waals surface area (Å²) in [7, 11) is 1.53. The summed E-state index contributed by atoms with van der Waals surface area (Å²) in [5.74, 6) is -1.19. The van der Waals surface area contributed by atoms with Crippen LogP contribution in [0.2, 0.25) is 0 Å². The van der Waals surface area contributed by atoms with Gasteiger partial charge in [0.1, 0.15) is 11.6 Å². The van der Waals surface area contributed by atoms with Gasteiger partial charge in [-0.1, -0.05) is 0 Å². The Morgan fingerprint density at radius 3 is 2.64 bits per heavy atom. The lowest BCUT2D eigenvalue weighted by molar-refractivity contribution is -0.128. The number of hydrogen-bond donors (Lipinski definition) is 0. The van der Waals surface area contributed by atoms with Gasteiger partial charge in [0.2, 0.25) is 5.91 Å². The van der Waals surface area contributed by atoms with Crippen molar-refractivity contribution in [1.29, 1.82) is 0 Å². The van der Waals surface area contributed by atoms with E-state index in [0.29, 0.717) is 0 Å². The van der Waals surface area contributed by atoms with Crippen LogP contribution in [-0.2, 0) is 11.3 Å². The van der Waals surface area contributed by atoms with Gasteiger partial charge >= 0.3 is 0 Å². The van der Waals surface area contributed by atoms with Crippen molar-refractivity contribution in [2.24, 2.45) is 0 Å². The third-order valence-electron chi connectivity index (χ3n) is 1.95. The van der Waals surface area contributed by atoms with Gasteiger partial charge in [0.05, 0.1) is 0 Å². The molecular formula is C10H11F2NO. The Hall–Kier alpha value is -1.45. The second-order valence-corrected chi connectivity index (χ2v) is 3.11. The van der Waals surface area contributed by atoms with E-state index in [1.807, 2.05) is 0 Å². The molecule has 76 valence electrons. The van der Waals surface area contributed by atoms with Crippen LogP contribution >= 0.6 is 0 Å². The molecule has 1 aromatic rings. The van der Waals surface area contributed by atoms with E-state index < -0.39 is 11.6 Å². The first-order valence-corrected chi connectivity index (χ1v) is 4.16. The van der Waals surface area contributed by atoms with Gasteiger partial charge in [-0.05, 0) is 18.2 Å². The number of rotatable bonds is 2. The zero-order chi connectivity index (χ0) is 10.7. The molecule has 0 saturated heterocycles. The minimum Gasteiger partial charge on any atom is -0.342 e. The third-order valence-corrected chi connectivity index (χ3v) is 1.95. The van der Waals surface area contributed by atoms with E-state index in [1.54, 1.807) is 0 Å². The maximum atomic E-state index is 13.1. The van der Waals surface area contributed by atoms with E-state index >= 15 is 0 Å². The first-order valence-electron chi connectivity index (χ1n) is 4.16. The smallest absolute Gasteiger partial charge is 0.219 e. The van der Waals surface area contributed by atoms with Crippen molar-refractivity contribution < 1.29 is 13.6 Å². The Kier molecular flexibility index (Phi) is 3.17. The van der Waals surface area contributed by atoms with E-state index in [9.17, 15) is 13.6 Å². The maximum Gasteiger partial charge on any atom is 0.219 e. The second kappa shape index (κ2) is 4.17. The summed E-state index contributed by atoms with van der Waals surface area (Å²) in [5, 5.41) is 0. The normalized spacial score (nSPS) is 10.0. The van der Waals surface area contributed by atoms with E-state index in [1.165, 1.54) is 18.9 Å². The summed E-state index contributed by atoms with van der Waals surface area (Å²) < 4.78 is 25.8. The van der Waals surface area contributed by atoms with Crippen LogP contribution in [0.4, 0.5) is 8.78 Å². The molecule has 0 fully saturated rings. The van der Waals surface area contributed by atoms with Gasteiger partial charge in [-0.3, -0.25) is 4.79 Å². The Labute approximate surface area is 81.1 Å². The summed E-state index contributed by atoms with van der Waals surface area (Å²) >= 11 is 0. The molecule has 0 atom stereocenters. The molecule has 0 heterocycles. The van der Waals surface area contributed by atoms with E-state index in [4.69, 9.17) is 0 Å². The number of halogens is 2. The minimum atomic E-state index is -0.502. The Bertz CT molecular complexity index is 352. The fraction of sp³-hybridized carbons (Fsp3) is 0.300. The first kappa shape index (κ1) is 10.6. The Morgan fingerprint density at radius 2 is 2.07 bits per heavy atom. The Morgan fingerprint density at radius 1 is 1.43 bits per heavy atom. The molecular weight excluding hydrogens is 188 g/mol. The highest BCUT2D eigenvalue weighted by Crippen LogP contribution is 2.11. The van der Waals surface area contributed by atoms with Crippen molar-refractivity contribution in [2.75, 3.05) is 7.05 Å². The molecule has 4 heteroatoms. The van der Waals surface area contributed by atoms with Crippen molar-refractivity contribution in [1.82, 2.24) is 4.90 Å². The molecule has 0 saturated carbocycles. The molecule has 1 rings (SSSR count). The molecule has 2 nitrogen and oxygen atoms in total. The number of carbonyl (C=O) groups is 1. The first-order chi connectivity index (χ1) is 6.50. The molecule has 0 N–H and O–H groups in total. The molecule has 0 aliphatic carbocycles. The lowest BCUT2D eigenvalue weighted by atomic mass is 10.2. The summed E-state index contributed by atoms with van der Waals surface area (Å²) in [6.45, 7) is 1.45. The molecule has 0 bridgehead atoms. The van der Waals surface area contributed by atoms with Crippen LogP contribution in [0.5, 0.6) is 0 Å². The zero-order valence-electron chi connectivity index (χ0n) is 8.05. The van der Waals surface area contributed by atoms with Crippen molar-refractivity contribution >= 4 is 5.91 Å². The minimum absolute atomic E-state index is 0.0823. The number of amides is 1. The summed E-state index contributed by atoms with van der Waals surface area (Å²) in [6, 6.07) is 3.19. The van der Waals surface area contributed by atoms with Crippen LogP contribution in [0.25, 0.3) is 0 Å². The van der Waals surface area contributed by atoms with Crippen LogP contribution in [-0.4, -0.2) is 17.9 Å². The third kappa shape index (κ3) is 2.52. The SMILES string of the molecule is CC(=O)N(C)Cc1cc(F)ccc1F. The van der Waals surface area contributed by atoms with Gasteiger partial charge in [0, 0.05) is 26.1 Å². The van der Waals surface area contributed by atoms with Crippen molar-refractivity contribution in [3.8, 4) is 0 Å². The molecule has 0 aliphatic heterocycles. The molecule has 0 spiro atoms. The number of hydrogen-bond acceptors (Lipinski definition) is 1. The molecule has 0 aromatic heterocycles. The zero-order valence-corrected chi connectivity index (χ0v) is 8.05. The van der Waals surface area contributed by atoms with Crippen LogP contribution in [0.3, 0.4) is 0 Å². The van der Waals surface area contributed by atoms with Crippen LogP contribution in [0.1, 0.15) is 12.5 Å². The van der Waals surface area contributed by atoms with Crippen LogP contribution < -0.4 is 0 Å². The average molecular weight is 199 g/mol. The average Bonchev–Trinajstić information content (AvgIpc) is 2.11. The van der Waals surface area contributed by atoms with Gasteiger partial charge in [0.25, 0.3) is 0 Å². The molecule has 0 aliphatic rings. The van der Waals surface area contributed by atoms with Gasteiger partial charge in [-0.25, -0.2) is 8.78 Å². The largest absolute Gasteiger partial charge is 0.342 e. The molecule has 14 heavy (non-hydrogen) atoms. The highest BCUT2D eigenvalue weighted by molar-refractivity contribution is 5.72. The number of benzene rings is 1. The van der Waals surface area contributed by atoms with Gasteiger partial charge in [-0.2, -0.15) is 0 Å². The van der Waals surface area contributed by atoms with E-state index in [2.05, 4.69) is 0 Å². The highest BCUT2D eigenvalue weighted by Gasteiger charge is 2.08. The molecule has 1 amide bonds. The monoisotopic (exact) mass is 199 g/mol. The van der Waals surface area contributed by atoms with Gasteiger partial charge in [-0.15, -0.1) is 0 Å². The van der Waals surface area contributed by atoms with Gasteiger partial charge in [0.15, 0.2) is 0 Å². The van der Waals surface area contributed by atoms with Crippen molar-refractivity contribution in [3.63, 3.8) is 0 Å². The maximum absolute atomic E-state index is 13.1. The fourth-order valence-electron chi connectivity index (χ4n) is 1.03. The summed E-state index contributed by atoms with van der Waals surface area (Å²) in [4.78, 5) is 12.2. The predicted molar refractivity (Wildman–Crippen MR) is 48.5 cm³/mol. The fourth-order valence-corrected chi connectivity index (χ4v) is 1.03. The van der Waals surface area contributed by atoms with E-state index in [-0.39, 0.29) is 18.0 Å². The topological polar surface area (TPSA) is 20.3 Å². The second-order valence-electron chi connectivity index (χ2n) is 3.11. The predicted octanol–water partition coefficient (Wildman–Crippen LogP) is 1.94. The van der Waals surface area contributed by atoms with Crippen molar-refractivity contribution in [3.05, 3.63) is 35.4 Å². The summed E-state index contributed by atoms with van der Waals surface area (Å²) in [6.07, 6.45) is 0. The highest BCUT2D eigenvalue weighted by atomic mass is 19.1. The molecule has 0 unspecified atom stereocenters. The van der Waals surface area contributed by atoms with E-state index in [0.717, 1.165) is 18.2 Å². The summed E-state index contributed by atoms with van der Waals surface area (Å²) in [5.41, 5.74) is 0.183. The number of nitrogens with zero attached hydrogens (tertiary/aromatic N) is 1. The van der Waals surface area contributed by atoms with Gasteiger partial charge < -0.3 is 4.90 Å². The number of carbonyl (C=O) groups excluding carboxylic acids is 1. The van der Waals surface area contributed by atoms with Crippen LogP contribution in [0, 0.1) is 11.6 Å². The van der Waals surface area contributed by atoms with Crippen molar-refractivity contribution in [2.45, 2.75) is 13.5 Å². The quantitative estimate of drug-likeness (QED) is 0.712. The lowest BCUT2D eigenvalue weighted by Crippen LogP contribution is -2.23.